The van der Waals surface area contributed by atoms with E-state index in [1.807, 2.05) is 35.7 Å². The molecule has 1 aliphatic heterocycles. The van der Waals surface area contributed by atoms with Gasteiger partial charge in [0, 0.05) is 28.6 Å². The fourth-order valence-electron chi connectivity index (χ4n) is 3.71. The summed E-state index contributed by atoms with van der Waals surface area (Å²) in [6, 6.07) is 11.7. The Balaban J connectivity index is 1.79. The van der Waals surface area contributed by atoms with Crippen molar-refractivity contribution in [1.29, 1.82) is 0 Å². The average Bonchev–Trinajstić information content (AvgIpc) is 3.35. The number of rotatable bonds is 5. The standard InChI is InChI=1S/C22H23ClN2O2S2/c1-14-15(2)29-22(24-21(26)18-8-5-13-28-18)19(14)20(25-9-11-27-12-10-25)16-6-3-4-7-17(16)23/h3-8,13,20H,9-12H2,1-2H3,(H,24,26)/t20-/m0/s1. The van der Waals surface area contributed by atoms with E-state index in [0.717, 1.165) is 34.2 Å². The van der Waals surface area contributed by atoms with Crippen LogP contribution in [0, 0.1) is 13.8 Å². The van der Waals surface area contributed by atoms with Crippen LogP contribution in [0.25, 0.3) is 0 Å². The van der Waals surface area contributed by atoms with Crippen LogP contribution in [0.15, 0.2) is 41.8 Å². The number of aryl methyl sites for hydroxylation is 1. The van der Waals surface area contributed by atoms with E-state index in [1.165, 1.54) is 21.8 Å². The van der Waals surface area contributed by atoms with Crippen LogP contribution in [-0.4, -0.2) is 37.1 Å². The number of benzene rings is 1. The van der Waals surface area contributed by atoms with Gasteiger partial charge in [-0.2, -0.15) is 0 Å². The highest BCUT2D eigenvalue weighted by Gasteiger charge is 2.31. The normalized spacial score (nSPS) is 16.0. The summed E-state index contributed by atoms with van der Waals surface area (Å²) in [6.07, 6.45) is 0. The molecule has 1 saturated heterocycles. The van der Waals surface area contributed by atoms with Crippen LogP contribution in [0.4, 0.5) is 5.00 Å². The molecule has 29 heavy (non-hydrogen) atoms. The van der Waals surface area contributed by atoms with Gasteiger partial charge in [-0.15, -0.1) is 22.7 Å². The molecule has 1 fully saturated rings. The number of nitrogens with zero attached hydrogens (tertiary/aromatic N) is 1. The number of hydrogen-bond donors (Lipinski definition) is 1. The molecule has 0 radical (unpaired) electrons. The summed E-state index contributed by atoms with van der Waals surface area (Å²) < 4.78 is 5.59. The van der Waals surface area contributed by atoms with Gasteiger partial charge in [0.2, 0.25) is 0 Å². The molecule has 3 aromatic rings. The van der Waals surface area contributed by atoms with Crippen molar-refractivity contribution in [2.75, 3.05) is 31.6 Å². The number of carbonyl (C=O) groups excluding carboxylic acids is 1. The van der Waals surface area contributed by atoms with Crippen LogP contribution in [0.5, 0.6) is 0 Å². The first-order chi connectivity index (χ1) is 14.1. The molecule has 0 aliphatic carbocycles. The third kappa shape index (κ3) is 4.27. The minimum atomic E-state index is -0.0672. The topological polar surface area (TPSA) is 41.6 Å². The Labute approximate surface area is 184 Å². The largest absolute Gasteiger partial charge is 0.379 e. The SMILES string of the molecule is Cc1sc(NC(=O)c2cccs2)c([C@H](c2ccccc2Cl)N2CCOCC2)c1C. The molecule has 0 bridgehead atoms. The first-order valence-corrected chi connectivity index (χ1v) is 11.6. The first-order valence-electron chi connectivity index (χ1n) is 9.57. The highest BCUT2D eigenvalue weighted by Crippen LogP contribution is 2.44. The van der Waals surface area contributed by atoms with Gasteiger partial charge < -0.3 is 10.1 Å². The molecule has 4 nitrogen and oxygen atoms in total. The molecule has 1 amide bonds. The zero-order valence-electron chi connectivity index (χ0n) is 16.4. The Kier molecular flexibility index (Phi) is 6.37. The average molecular weight is 447 g/mol. The molecule has 3 heterocycles. The van der Waals surface area contributed by atoms with Crippen molar-refractivity contribution in [1.82, 2.24) is 4.90 Å². The highest BCUT2D eigenvalue weighted by atomic mass is 35.5. The lowest BCUT2D eigenvalue weighted by Crippen LogP contribution is -2.40. The number of halogens is 1. The molecule has 152 valence electrons. The number of hydrogen-bond acceptors (Lipinski definition) is 5. The van der Waals surface area contributed by atoms with Crippen molar-refractivity contribution in [3.05, 3.63) is 73.2 Å². The van der Waals surface area contributed by atoms with Crippen LogP contribution in [0.2, 0.25) is 5.02 Å². The van der Waals surface area contributed by atoms with Crippen LogP contribution < -0.4 is 5.32 Å². The lowest BCUT2D eigenvalue weighted by molar-refractivity contribution is 0.0240. The number of amides is 1. The number of ether oxygens (including phenoxy) is 1. The van der Waals surface area contributed by atoms with Gasteiger partial charge in [-0.05, 0) is 42.5 Å². The molecule has 1 N–H and O–H groups in total. The van der Waals surface area contributed by atoms with Gasteiger partial charge >= 0.3 is 0 Å². The van der Waals surface area contributed by atoms with Crippen molar-refractivity contribution < 1.29 is 9.53 Å². The van der Waals surface area contributed by atoms with E-state index in [9.17, 15) is 4.79 Å². The Morgan fingerprint density at radius 2 is 1.93 bits per heavy atom. The van der Waals surface area contributed by atoms with Crippen molar-refractivity contribution in [2.24, 2.45) is 0 Å². The Morgan fingerprint density at radius 3 is 2.62 bits per heavy atom. The van der Waals surface area contributed by atoms with Gasteiger partial charge in [0.1, 0.15) is 5.00 Å². The molecular formula is C22H23ClN2O2S2. The lowest BCUT2D eigenvalue weighted by atomic mass is 9.94. The second-order valence-electron chi connectivity index (χ2n) is 7.03. The Bertz CT molecular complexity index is 994. The summed E-state index contributed by atoms with van der Waals surface area (Å²) in [5.41, 5.74) is 3.39. The lowest BCUT2D eigenvalue weighted by Gasteiger charge is -2.36. The second-order valence-corrected chi connectivity index (χ2v) is 9.61. The molecule has 7 heteroatoms. The van der Waals surface area contributed by atoms with Gasteiger partial charge in [0.25, 0.3) is 5.91 Å². The second kappa shape index (κ2) is 8.98. The molecule has 1 atom stereocenters. The van der Waals surface area contributed by atoms with Crippen molar-refractivity contribution in [3.63, 3.8) is 0 Å². The van der Waals surface area contributed by atoms with E-state index in [4.69, 9.17) is 16.3 Å². The number of morpholine rings is 1. The number of anilines is 1. The van der Waals surface area contributed by atoms with E-state index in [1.54, 1.807) is 11.3 Å². The predicted octanol–water partition coefficient (Wildman–Crippen LogP) is 5.75. The fourth-order valence-corrected chi connectivity index (χ4v) is 5.65. The number of carbonyl (C=O) groups is 1. The summed E-state index contributed by atoms with van der Waals surface area (Å²) in [6.45, 7) is 7.27. The van der Waals surface area contributed by atoms with Crippen LogP contribution in [0.3, 0.4) is 0 Å². The maximum absolute atomic E-state index is 12.8. The number of nitrogens with one attached hydrogen (secondary N) is 1. The summed E-state index contributed by atoms with van der Waals surface area (Å²) >= 11 is 9.72. The van der Waals surface area contributed by atoms with Gasteiger partial charge in [-0.1, -0.05) is 35.9 Å². The van der Waals surface area contributed by atoms with E-state index in [2.05, 4.69) is 30.1 Å². The van der Waals surface area contributed by atoms with E-state index < -0.39 is 0 Å². The smallest absolute Gasteiger partial charge is 0.266 e. The van der Waals surface area contributed by atoms with Crippen LogP contribution in [-0.2, 0) is 4.74 Å². The summed E-state index contributed by atoms with van der Waals surface area (Å²) in [4.78, 5) is 17.1. The van der Waals surface area contributed by atoms with Gasteiger partial charge in [0.05, 0.1) is 24.1 Å². The quantitative estimate of drug-likeness (QED) is 0.542. The first kappa shape index (κ1) is 20.6. The van der Waals surface area contributed by atoms with Gasteiger partial charge in [-0.3, -0.25) is 9.69 Å². The summed E-state index contributed by atoms with van der Waals surface area (Å²) in [5.74, 6) is -0.0672. The summed E-state index contributed by atoms with van der Waals surface area (Å²) in [5, 5.41) is 6.73. The molecule has 0 saturated carbocycles. The molecule has 2 aromatic heterocycles. The zero-order chi connectivity index (χ0) is 20.4. The third-order valence-corrected chi connectivity index (χ3v) is 7.64. The molecule has 1 aromatic carbocycles. The van der Waals surface area contributed by atoms with Crippen molar-refractivity contribution >= 4 is 45.2 Å². The zero-order valence-corrected chi connectivity index (χ0v) is 18.8. The fraction of sp³-hybridized carbons (Fsp3) is 0.318. The van der Waals surface area contributed by atoms with Gasteiger partial charge in [-0.25, -0.2) is 0 Å². The molecule has 4 rings (SSSR count). The minimum absolute atomic E-state index is 0.0313. The molecule has 1 aliphatic rings. The monoisotopic (exact) mass is 446 g/mol. The molecule has 0 spiro atoms. The van der Waals surface area contributed by atoms with E-state index in [0.29, 0.717) is 18.1 Å². The van der Waals surface area contributed by atoms with Crippen LogP contribution in [0.1, 0.15) is 37.3 Å². The maximum atomic E-state index is 12.8. The van der Waals surface area contributed by atoms with Gasteiger partial charge in [0.15, 0.2) is 0 Å². The third-order valence-electron chi connectivity index (χ3n) is 5.29. The molecular weight excluding hydrogens is 424 g/mol. The van der Waals surface area contributed by atoms with Crippen molar-refractivity contribution in [2.45, 2.75) is 19.9 Å². The van der Waals surface area contributed by atoms with E-state index >= 15 is 0 Å². The maximum Gasteiger partial charge on any atom is 0.266 e. The predicted molar refractivity (Wildman–Crippen MR) is 122 cm³/mol. The Morgan fingerprint density at radius 1 is 1.17 bits per heavy atom. The highest BCUT2D eigenvalue weighted by molar-refractivity contribution is 7.17. The summed E-state index contributed by atoms with van der Waals surface area (Å²) in [7, 11) is 0. The van der Waals surface area contributed by atoms with Crippen LogP contribution >= 0.6 is 34.3 Å². The molecule has 0 unspecified atom stereocenters. The minimum Gasteiger partial charge on any atom is -0.379 e. The Hall–Kier alpha value is -1.70. The van der Waals surface area contributed by atoms with E-state index in [-0.39, 0.29) is 11.9 Å². The van der Waals surface area contributed by atoms with Crippen molar-refractivity contribution in [3.8, 4) is 0 Å². The number of thiophene rings is 2.